The van der Waals surface area contributed by atoms with Crippen molar-refractivity contribution in [2.24, 2.45) is 10.7 Å². The maximum absolute atomic E-state index is 6.04. The van der Waals surface area contributed by atoms with Gasteiger partial charge in [-0.25, -0.2) is 4.99 Å². The number of ether oxygens (including phenoxy) is 3. The van der Waals surface area contributed by atoms with E-state index in [1.807, 2.05) is 54.6 Å². The largest absolute Gasteiger partial charge is 0.493 e. The van der Waals surface area contributed by atoms with Crippen molar-refractivity contribution < 1.29 is 14.2 Å². The van der Waals surface area contributed by atoms with Crippen LogP contribution in [0.4, 0.5) is 5.69 Å². The van der Waals surface area contributed by atoms with E-state index in [0.29, 0.717) is 37.2 Å². The lowest BCUT2D eigenvalue weighted by Crippen LogP contribution is -2.22. The molecule has 0 heterocycles. The molecule has 0 unspecified atom stereocenters. The predicted octanol–water partition coefficient (Wildman–Crippen LogP) is 4.35. The number of nitrogens with two attached hydrogens (primary N) is 1. The minimum Gasteiger partial charge on any atom is -0.493 e. The monoisotopic (exact) mass is 405 g/mol. The minimum atomic E-state index is 0.327. The number of benzene rings is 3. The third kappa shape index (κ3) is 6.25. The summed E-state index contributed by atoms with van der Waals surface area (Å²) in [6.45, 7) is 1.61. The Morgan fingerprint density at radius 1 is 0.800 bits per heavy atom. The van der Waals surface area contributed by atoms with Gasteiger partial charge in [0.1, 0.15) is 0 Å². The smallest absolute Gasteiger partial charge is 0.193 e. The first-order chi connectivity index (χ1) is 14.7. The number of anilines is 1. The van der Waals surface area contributed by atoms with Crippen molar-refractivity contribution in [3.63, 3.8) is 0 Å². The van der Waals surface area contributed by atoms with Gasteiger partial charge < -0.3 is 25.3 Å². The molecule has 0 aliphatic carbocycles. The van der Waals surface area contributed by atoms with Gasteiger partial charge in [0.25, 0.3) is 0 Å². The SMILES string of the molecule is COc1ccc(NC(N)=NCc2cccc(COCc3ccccc3)c2)cc1OC. The lowest BCUT2D eigenvalue weighted by Gasteiger charge is -2.11. The molecule has 0 aliphatic rings. The third-order valence-electron chi connectivity index (χ3n) is 4.46. The van der Waals surface area contributed by atoms with Gasteiger partial charge in [0.05, 0.1) is 34.0 Å². The van der Waals surface area contributed by atoms with Crippen LogP contribution in [-0.4, -0.2) is 20.2 Å². The van der Waals surface area contributed by atoms with Gasteiger partial charge in [0.2, 0.25) is 0 Å². The van der Waals surface area contributed by atoms with Crippen LogP contribution >= 0.6 is 0 Å². The summed E-state index contributed by atoms with van der Waals surface area (Å²) in [6, 6.07) is 23.8. The molecule has 6 nitrogen and oxygen atoms in total. The second kappa shape index (κ2) is 10.9. The highest BCUT2D eigenvalue weighted by Gasteiger charge is 2.05. The number of hydrogen-bond donors (Lipinski definition) is 2. The van der Waals surface area contributed by atoms with Crippen LogP contribution in [0.2, 0.25) is 0 Å². The lowest BCUT2D eigenvalue weighted by molar-refractivity contribution is 0.107. The number of guanidine groups is 1. The molecule has 0 saturated carbocycles. The van der Waals surface area contributed by atoms with Crippen molar-refractivity contribution in [3.05, 3.63) is 89.5 Å². The first kappa shape index (κ1) is 21.2. The Morgan fingerprint density at radius 2 is 1.50 bits per heavy atom. The fourth-order valence-electron chi connectivity index (χ4n) is 2.96. The van der Waals surface area contributed by atoms with E-state index in [1.165, 1.54) is 0 Å². The number of methoxy groups -OCH3 is 2. The van der Waals surface area contributed by atoms with Gasteiger partial charge in [-0.05, 0) is 28.8 Å². The molecule has 0 atom stereocenters. The molecule has 0 spiro atoms. The fraction of sp³-hybridized carbons (Fsp3) is 0.208. The molecule has 156 valence electrons. The standard InChI is InChI=1S/C24H27N3O3/c1-28-22-12-11-21(14-23(22)29-2)27-24(25)26-15-19-9-6-10-20(13-19)17-30-16-18-7-4-3-5-8-18/h3-14H,15-17H2,1-2H3,(H3,25,26,27). The van der Waals surface area contributed by atoms with Crippen molar-refractivity contribution in [1.29, 1.82) is 0 Å². The molecule has 3 rings (SSSR count). The van der Waals surface area contributed by atoms with E-state index >= 15 is 0 Å². The van der Waals surface area contributed by atoms with Crippen LogP contribution in [0.1, 0.15) is 16.7 Å². The zero-order chi connectivity index (χ0) is 21.2. The third-order valence-corrected chi connectivity index (χ3v) is 4.46. The quantitative estimate of drug-likeness (QED) is 0.409. The number of rotatable bonds is 9. The van der Waals surface area contributed by atoms with Crippen LogP contribution in [0.25, 0.3) is 0 Å². The van der Waals surface area contributed by atoms with Gasteiger partial charge in [-0.2, -0.15) is 0 Å². The van der Waals surface area contributed by atoms with Gasteiger partial charge in [0.15, 0.2) is 17.5 Å². The van der Waals surface area contributed by atoms with Crippen LogP contribution in [0, 0.1) is 0 Å². The van der Waals surface area contributed by atoms with E-state index in [0.717, 1.165) is 22.4 Å². The molecular formula is C24H27N3O3. The summed E-state index contributed by atoms with van der Waals surface area (Å²) in [5, 5.41) is 3.07. The highest BCUT2D eigenvalue weighted by molar-refractivity contribution is 5.92. The van der Waals surface area contributed by atoms with Gasteiger partial charge in [-0.15, -0.1) is 0 Å². The lowest BCUT2D eigenvalue weighted by atomic mass is 10.1. The number of hydrogen-bond acceptors (Lipinski definition) is 4. The van der Waals surface area contributed by atoms with Crippen LogP contribution < -0.4 is 20.5 Å². The first-order valence-electron chi connectivity index (χ1n) is 9.66. The van der Waals surface area contributed by atoms with Crippen molar-refractivity contribution in [1.82, 2.24) is 0 Å². The molecular weight excluding hydrogens is 378 g/mol. The molecule has 0 radical (unpaired) electrons. The highest BCUT2D eigenvalue weighted by Crippen LogP contribution is 2.29. The number of nitrogens with one attached hydrogen (secondary N) is 1. The van der Waals surface area contributed by atoms with E-state index in [1.54, 1.807) is 14.2 Å². The zero-order valence-electron chi connectivity index (χ0n) is 17.3. The predicted molar refractivity (Wildman–Crippen MR) is 120 cm³/mol. The minimum absolute atomic E-state index is 0.327. The van der Waals surface area contributed by atoms with Crippen molar-refractivity contribution >= 4 is 11.6 Å². The van der Waals surface area contributed by atoms with Crippen LogP contribution in [0.15, 0.2) is 77.8 Å². The summed E-state index contributed by atoms with van der Waals surface area (Å²) < 4.78 is 16.4. The summed E-state index contributed by atoms with van der Waals surface area (Å²) in [5.74, 6) is 1.61. The molecule has 0 fully saturated rings. The molecule has 0 bridgehead atoms. The Morgan fingerprint density at radius 3 is 2.27 bits per heavy atom. The van der Waals surface area contributed by atoms with Gasteiger partial charge in [0, 0.05) is 11.8 Å². The number of aliphatic imine (C=N–C) groups is 1. The Balaban J connectivity index is 1.54. The Hall–Kier alpha value is -3.51. The second-order valence-electron chi connectivity index (χ2n) is 6.69. The van der Waals surface area contributed by atoms with E-state index in [2.05, 4.69) is 28.5 Å². The fourth-order valence-corrected chi connectivity index (χ4v) is 2.96. The van der Waals surface area contributed by atoms with E-state index in [-0.39, 0.29) is 0 Å². The van der Waals surface area contributed by atoms with E-state index in [9.17, 15) is 0 Å². The average molecular weight is 405 g/mol. The summed E-state index contributed by atoms with van der Waals surface area (Å²) in [5.41, 5.74) is 10.1. The van der Waals surface area contributed by atoms with Crippen LogP contribution in [0.5, 0.6) is 11.5 Å². The molecule has 30 heavy (non-hydrogen) atoms. The number of nitrogens with zero attached hydrogens (tertiary/aromatic N) is 1. The van der Waals surface area contributed by atoms with E-state index < -0.39 is 0 Å². The first-order valence-corrected chi connectivity index (χ1v) is 9.66. The topological polar surface area (TPSA) is 78.1 Å². The Bertz CT molecular complexity index is 974. The molecule has 0 aliphatic heterocycles. The van der Waals surface area contributed by atoms with Crippen molar-refractivity contribution in [3.8, 4) is 11.5 Å². The van der Waals surface area contributed by atoms with Crippen molar-refractivity contribution in [2.75, 3.05) is 19.5 Å². The summed E-state index contributed by atoms with van der Waals surface area (Å²) in [6.07, 6.45) is 0. The molecule has 3 aromatic rings. The zero-order valence-corrected chi connectivity index (χ0v) is 17.3. The average Bonchev–Trinajstić information content (AvgIpc) is 2.78. The maximum Gasteiger partial charge on any atom is 0.193 e. The molecule has 3 N–H and O–H groups in total. The summed E-state index contributed by atoms with van der Waals surface area (Å²) in [7, 11) is 3.19. The normalized spacial score (nSPS) is 11.2. The maximum atomic E-state index is 6.04. The Labute approximate surface area is 177 Å². The Kier molecular flexibility index (Phi) is 7.69. The molecule has 0 aromatic heterocycles. The molecule has 0 amide bonds. The molecule has 0 saturated heterocycles. The van der Waals surface area contributed by atoms with Crippen LogP contribution in [0.3, 0.4) is 0 Å². The highest BCUT2D eigenvalue weighted by atomic mass is 16.5. The van der Waals surface area contributed by atoms with Gasteiger partial charge >= 0.3 is 0 Å². The van der Waals surface area contributed by atoms with E-state index in [4.69, 9.17) is 19.9 Å². The summed E-state index contributed by atoms with van der Waals surface area (Å²) in [4.78, 5) is 4.43. The summed E-state index contributed by atoms with van der Waals surface area (Å²) >= 11 is 0. The van der Waals surface area contributed by atoms with Gasteiger partial charge in [-0.1, -0.05) is 54.6 Å². The van der Waals surface area contributed by atoms with Crippen molar-refractivity contribution in [2.45, 2.75) is 19.8 Å². The molecule has 6 heteroatoms. The molecule has 3 aromatic carbocycles. The van der Waals surface area contributed by atoms with Crippen LogP contribution in [-0.2, 0) is 24.5 Å². The van der Waals surface area contributed by atoms with Gasteiger partial charge in [-0.3, -0.25) is 0 Å². The second-order valence-corrected chi connectivity index (χ2v) is 6.69.